The Morgan fingerprint density at radius 2 is 1.68 bits per heavy atom. The van der Waals surface area contributed by atoms with Crippen molar-refractivity contribution in [3.8, 4) is 5.75 Å². The molecule has 0 aromatic heterocycles. The molecule has 1 saturated carbocycles. The van der Waals surface area contributed by atoms with Gasteiger partial charge in [0, 0.05) is 17.3 Å². The van der Waals surface area contributed by atoms with Gasteiger partial charge in [0.1, 0.15) is 10.6 Å². The number of benzene rings is 2. The van der Waals surface area contributed by atoms with Crippen molar-refractivity contribution < 1.29 is 27.5 Å². The first kappa shape index (κ1) is 25.7. The summed E-state index contributed by atoms with van der Waals surface area (Å²) in [7, 11) is -2.47. The van der Waals surface area contributed by atoms with E-state index in [0.717, 1.165) is 44.9 Å². The number of ether oxygens (including phenoxy) is 2. The van der Waals surface area contributed by atoms with Crippen LogP contribution in [0.2, 0.25) is 0 Å². The summed E-state index contributed by atoms with van der Waals surface area (Å²) in [5.74, 6) is -0.720. The molecular formula is C25H32N2O6S. The van der Waals surface area contributed by atoms with E-state index in [4.69, 9.17) is 9.47 Å². The van der Waals surface area contributed by atoms with E-state index < -0.39 is 21.9 Å². The van der Waals surface area contributed by atoms with Gasteiger partial charge in [-0.3, -0.25) is 4.79 Å². The SMILES string of the molecule is CCCCOC(=O)c1ccc(NC(=O)c2ccc(OC)c(S(=O)(=O)NC3CCCCC3)c2)cc1. The highest BCUT2D eigenvalue weighted by atomic mass is 32.2. The van der Waals surface area contributed by atoms with E-state index in [1.807, 2.05) is 6.92 Å². The van der Waals surface area contributed by atoms with Crippen molar-refractivity contribution in [3.05, 3.63) is 53.6 Å². The van der Waals surface area contributed by atoms with E-state index in [-0.39, 0.29) is 22.3 Å². The monoisotopic (exact) mass is 488 g/mol. The summed E-state index contributed by atoms with van der Waals surface area (Å²) in [5, 5.41) is 2.73. The third-order valence-corrected chi connectivity index (χ3v) is 7.29. The number of rotatable bonds is 10. The predicted molar refractivity (Wildman–Crippen MR) is 130 cm³/mol. The Morgan fingerprint density at radius 3 is 2.32 bits per heavy atom. The number of esters is 1. The molecule has 1 fully saturated rings. The molecule has 2 N–H and O–H groups in total. The zero-order valence-corrected chi connectivity index (χ0v) is 20.4. The maximum absolute atomic E-state index is 13.0. The van der Waals surface area contributed by atoms with Crippen LogP contribution in [0.15, 0.2) is 47.4 Å². The van der Waals surface area contributed by atoms with Crippen LogP contribution >= 0.6 is 0 Å². The Morgan fingerprint density at radius 1 is 1.00 bits per heavy atom. The number of methoxy groups -OCH3 is 1. The highest BCUT2D eigenvalue weighted by Gasteiger charge is 2.26. The molecule has 0 unspecified atom stereocenters. The van der Waals surface area contributed by atoms with Gasteiger partial charge in [-0.05, 0) is 61.7 Å². The van der Waals surface area contributed by atoms with Crippen molar-refractivity contribution in [1.29, 1.82) is 0 Å². The Kier molecular flexibility index (Phi) is 9.06. The molecule has 34 heavy (non-hydrogen) atoms. The van der Waals surface area contributed by atoms with Gasteiger partial charge in [-0.1, -0.05) is 32.6 Å². The number of hydrogen-bond acceptors (Lipinski definition) is 6. The zero-order chi connectivity index (χ0) is 24.6. The molecule has 2 aromatic carbocycles. The van der Waals surface area contributed by atoms with Gasteiger partial charge in [-0.25, -0.2) is 17.9 Å². The third-order valence-electron chi connectivity index (χ3n) is 5.75. The number of nitrogens with one attached hydrogen (secondary N) is 2. The van der Waals surface area contributed by atoms with Crippen LogP contribution in [0.4, 0.5) is 5.69 Å². The minimum Gasteiger partial charge on any atom is -0.495 e. The molecule has 0 bridgehead atoms. The Bertz CT molecular complexity index is 1090. The van der Waals surface area contributed by atoms with E-state index in [2.05, 4.69) is 10.0 Å². The molecule has 0 atom stereocenters. The molecule has 1 amide bonds. The summed E-state index contributed by atoms with van der Waals surface area (Å²) in [6.07, 6.45) is 6.41. The molecule has 184 valence electrons. The molecule has 0 spiro atoms. The van der Waals surface area contributed by atoms with Crippen molar-refractivity contribution in [2.24, 2.45) is 0 Å². The molecular weight excluding hydrogens is 456 g/mol. The number of amides is 1. The number of carbonyl (C=O) groups excluding carboxylic acids is 2. The van der Waals surface area contributed by atoms with Crippen LogP contribution in [-0.4, -0.2) is 40.1 Å². The topological polar surface area (TPSA) is 111 Å². The molecule has 1 aliphatic rings. The van der Waals surface area contributed by atoms with Crippen LogP contribution in [0.3, 0.4) is 0 Å². The van der Waals surface area contributed by atoms with Gasteiger partial charge < -0.3 is 14.8 Å². The van der Waals surface area contributed by atoms with Gasteiger partial charge in [-0.15, -0.1) is 0 Å². The fourth-order valence-corrected chi connectivity index (χ4v) is 5.32. The van der Waals surface area contributed by atoms with Gasteiger partial charge in [0.25, 0.3) is 5.91 Å². The summed E-state index contributed by atoms with van der Waals surface area (Å²) in [6.45, 7) is 2.38. The first-order valence-electron chi connectivity index (χ1n) is 11.6. The minimum atomic E-state index is -3.86. The van der Waals surface area contributed by atoms with Crippen molar-refractivity contribution >= 4 is 27.6 Å². The van der Waals surface area contributed by atoms with Crippen LogP contribution in [0.1, 0.15) is 72.6 Å². The average Bonchev–Trinajstić information content (AvgIpc) is 2.84. The lowest BCUT2D eigenvalue weighted by atomic mass is 9.96. The smallest absolute Gasteiger partial charge is 0.338 e. The van der Waals surface area contributed by atoms with Gasteiger partial charge >= 0.3 is 5.97 Å². The van der Waals surface area contributed by atoms with Crippen molar-refractivity contribution in [2.75, 3.05) is 19.0 Å². The molecule has 8 nitrogen and oxygen atoms in total. The molecule has 3 rings (SSSR count). The largest absolute Gasteiger partial charge is 0.495 e. The van der Waals surface area contributed by atoms with Gasteiger partial charge in [0.15, 0.2) is 0 Å². The lowest BCUT2D eigenvalue weighted by Gasteiger charge is -2.23. The molecule has 0 saturated heterocycles. The second kappa shape index (κ2) is 12.0. The predicted octanol–water partition coefficient (Wildman–Crippen LogP) is 4.52. The lowest BCUT2D eigenvalue weighted by molar-refractivity contribution is 0.0499. The first-order chi connectivity index (χ1) is 16.3. The van der Waals surface area contributed by atoms with E-state index in [0.29, 0.717) is 17.9 Å². The number of unbranched alkanes of at least 4 members (excludes halogenated alkanes) is 1. The van der Waals surface area contributed by atoms with E-state index in [9.17, 15) is 18.0 Å². The average molecular weight is 489 g/mol. The zero-order valence-electron chi connectivity index (χ0n) is 19.6. The van der Waals surface area contributed by atoms with E-state index >= 15 is 0 Å². The third kappa shape index (κ3) is 6.80. The van der Waals surface area contributed by atoms with Crippen LogP contribution in [0.5, 0.6) is 5.75 Å². The summed E-state index contributed by atoms with van der Waals surface area (Å²) >= 11 is 0. The number of hydrogen-bond donors (Lipinski definition) is 2. The minimum absolute atomic E-state index is 0.0709. The van der Waals surface area contributed by atoms with Crippen LogP contribution in [0.25, 0.3) is 0 Å². The second-order valence-corrected chi connectivity index (χ2v) is 10.0. The normalized spacial score (nSPS) is 14.4. The van der Waals surface area contributed by atoms with E-state index in [1.165, 1.54) is 25.3 Å². The Labute approximate surface area is 201 Å². The van der Waals surface area contributed by atoms with Crippen molar-refractivity contribution in [1.82, 2.24) is 4.72 Å². The van der Waals surface area contributed by atoms with E-state index in [1.54, 1.807) is 24.3 Å². The highest BCUT2D eigenvalue weighted by molar-refractivity contribution is 7.89. The van der Waals surface area contributed by atoms with Crippen molar-refractivity contribution in [3.63, 3.8) is 0 Å². The lowest BCUT2D eigenvalue weighted by Crippen LogP contribution is -2.36. The molecule has 9 heteroatoms. The fourth-order valence-electron chi connectivity index (χ4n) is 3.82. The second-order valence-electron chi connectivity index (χ2n) is 8.34. The maximum atomic E-state index is 13.0. The van der Waals surface area contributed by atoms with Crippen LogP contribution in [-0.2, 0) is 14.8 Å². The van der Waals surface area contributed by atoms with Gasteiger partial charge in [0.2, 0.25) is 10.0 Å². The number of carbonyl (C=O) groups is 2. The highest BCUT2D eigenvalue weighted by Crippen LogP contribution is 2.27. The molecule has 0 radical (unpaired) electrons. The van der Waals surface area contributed by atoms with Gasteiger partial charge in [-0.2, -0.15) is 0 Å². The van der Waals surface area contributed by atoms with Crippen LogP contribution in [0, 0.1) is 0 Å². The summed E-state index contributed by atoms with van der Waals surface area (Å²) in [5.41, 5.74) is 1.03. The first-order valence-corrected chi connectivity index (χ1v) is 13.1. The molecule has 1 aliphatic carbocycles. The van der Waals surface area contributed by atoms with Gasteiger partial charge in [0.05, 0.1) is 19.3 Å². The molecule has 2 aromatic rings. The Hall–Kier alpha value is -2.91. The maximum Gasteiger partial charge on any atom is 0.338 e. The Balaban J connectivity index is 1.72. The summed E-state index contributed by atoms with van der Waals surface area (Å²) < 4.78 is 39.3. The molecule has 0 aliphatic heterocycles. The fraction of sp³-hybridized carbons (Fsp3) is 0.440. The number of sulfonamides is 1. The van der Waals surface area contributed by atoms with Crippen LogP contribution < -0.4 is 14.8 Å². The standard InChI is InChI=1S/C25H32N2O6S/c1-3-4-16-33-25(29)18-10-13-20(14-11-18)26-24(28)19-12-15-22(32-2)23(17-19)34(30,31)27-21-8-6-5-7-9-21/h10-15,17,21,27H,3-9,16H2,1-2H3,(H,26,28). The van der Waals surface area contributed by atoms with Crippen molar-refractivity contribution in [2.45, 2.75) is 62.8 Å². The quantitative estimate of drug-likeness (QED) is 0.376. The molecule has 0 heterocycles. The number of anilines is 1. The summed E-state index contributed by atoms with van der Waals surface area (Å²) in [4.78, 5) is 24.8. The summed E-state index contributed by atoms with van der Waals surface area (Å²) in [6, 6.07) is 10.5.